The molecule has 0 aromatic heterocycles. The molecule has 0 aliphatic carbocycles. The smallest absolute Gasteiger partial charge is 0.194 e. The molecule has 21 heteroatoms. The van der Waals surface area contributed by atoms with Crippen LogP contribution in [0.3, 0.4) is 0 Å². The van der Waals surface area contributed by atoms with E-state index in [4.69, 9.17) is 0 Å². The Labute approximate surface area is 195 Å². The van der Waals surface area contributed by atoms with Crippen LogP contribution in [0.1, 0.15) is 29.2 Å². The van der Waals surface area contributed by atoms with Gasteiger partial charge in [0.2, 0.25) is 0 Å². The van der Waals surface area contributed by atoms with Crippen LogP contribution in [-0.4, -0.2) is 36.3 Å². The minimum absolute atomic E-state index is 0.0219. The third-order valence-electron chi connectivity index (χ3n) is 4.76. The topological polar surface area (TPSA) is 0 Å². The second kappa shape index (κ2) is 8.88. The number of rotatable bonds is 7. The van der Waals surface area contributed by atoms with Crippen molar-refractivity contribution in [1.82, 2.24) is 0 Å². The van der Waals surface area contributed by atoms with Crippen LogP contribution < -0.4 is 0 Å². The van der Waals surface area contributed by atoms with Gasteiger partial charge in [0.05, 0.1) is 0 Å². The van der Waals surface area contributed by atoms with Gasteiger partial charge in [-0.05, 0) is 24.1 Å². The predicted molar refractivity (Wildman–Crippen MR) is 80.2 cm³/mol. The van der Waals surface area contributed by atoms with E-state index in [1.54, 1.807) is 0 Å². The Balaban J connectivity index is 4.45. The van der Waals surface area contributed by atoms with Gasteiger partial charge in [0, 0.05) is 16.7 Å². The first kappa shape index (κ1) is 33.8. The molecule has 0 atom stereocenters. The Morgan fingerprint density at radius 3 is 0.868 bits per heavy atom. The number of hydrogen-bond donors (Lipinski definition) is 0. The van der Waals surface area contributed by atoms with Crippen molar-refractivity contribution in [2.45, 2.75) is 61.0 Å². The van der Waals surface area contributed by atoms with Gasteiger partial charge in [-0.3, -0.25) is 0 Å². The first-order valence-electron chi connectivity index (χ1n) is 8.74. The summed E-state index contributed by atoms with van der Waals surface area (Å²) in [5.74, 6) is -44.3. The van der Waals surface area contributed by atoms with Crippen LogP contribution in [-0.2, 0) is 17.8 Å². The normalized spacial score (nSPS) is 15.7. The molecule has 1 aromatic rings. The van der Waals surface area contributed by atoms with Crippen molar-refractivity contribution in [3.63, 3.8) is 0 Å². The summed E-state index contributed by atoms with van der Waals surface area (Å²) in [5, 5.41) is 0. The molecule has 0 N–H and O–H groups in total. The van der Waals surface area contributed by atoms with Crippen LogP contribution in [0.2, 0.25) is 0 Å². The largest absolute Gasteiger partial charge is 0.460 e. The maximum absolute atomic E-state index is 14.3. The van der Waals surface area contributed by atoms with E-state index in [9.17, 15) is 92.2 Å². The van der Waals surface area contributed by atoms with E-state index >= 15 is 0 Å². The molecule has 1 rings (SSSR count). The van der Waals surface area contributed by atoms with E-state index in [0.717, 1.165) is 0 Å². The third-order valence-corrected chi connectivity index (χ3v) is 4.76. The van der Waals surface area contributed by atoms with Gasteiger partial charge < -0.3 is 0 Å². The summed E-state index contributed by atoms with van der Waals surface area (Å²) in [4.78, 5) is 0. The highest BCUT2D eigenvalue weighted by Crippen LogP contribution is 2.59. The van der Waals surface area contributed by atoms with E-state index in [1.807, 2.05) is 0 Å². The molecule has 0 nitrogen and oxygen atoms in total. The highest BCUT2D eigenvalue weighted by Gasteiger charge is 2.78. The molecule has 38 heavy (non-hydrogen) atoms. The van der Waals surface area contributed by atoms with Crippen LogP contribution in [0.25, 0.3) is 0 Å². The van der Waals surface area contributed by atoms with Crippen molar-refractivity contribution in [2.75, 3.05) is 0 Å². The molecule has 221 valence electrons. The van der Waals surface area contributed by atoms with Gasteiger partial charge in [0.1, 0.15) is 0 Å². The summed E-state index contributed by atoms with van der Waals surface area (Å²) in [7, 11) is 0. The van der Waals surface area contributed by atoms with Crippen molar-refractivity contribution in [3.8, 4) is 0 Å². The molecule has 1 aromatic carbocycles. The van der Waals surface area contributed by atoms with E-state index in [-0.39, 0.29) is 6.92 Å². The molecule has 0 aliphatic rings. The van der Waals surface area contributed by atoms with E-state index < -0.39 is 94.9 Å². The van der Waals surface area contributed by atoms with Crippen molar-refractivity contribution >= 4 is 0 Å². The minimum atomic E-state index is -7.57. The van der Waals surface area contributed by atoms with Crippen molar-refractivity contribution in [2.24, 2.45) is 0 Å². The van der Waals surface area contributed by atoms with Crippen molar-refractivity contribution in [1.29, 1.82) is 0 Å². The fourth-order valence-electron chi connectivity index (χ4n) is 2.72. The highest BCUT2D eigenvalue weighted by atomic mass is 19.4. The number of alkyl halides is 21. The molecule has 0 heterocycles. The predicted octanol–water partition coefficient (Wildman–Crippen LogP) is 9.13. The van der Waals surface area contributed by atoms with Crippen molar-refractivity contribution in [3.05, 3.63) is 40.8 Å². The Hall–Kier alpha value is -2.25. The number of halogens is 21. The van der Waals surface area contributed by atoms with E-state index in [0.29, 0.717) is 0 Å². The fourth-order valence-corrected chi connectivity index (χ4v) is 2.72. The monoisotopic (exact) mass is 609 g/mol. The van der Waals surface area contributed by atoms with Crippen LogP contribution in [0.15, 0.2) is 12.1 Å². The molecule has 0 saturated carbocycles. The second-order valence-corrected chi connectivity index (χ2v) is 7.21. The lowest BCUT2D eigenvalue weighted by Gasteiger charge is -2.35. The SMILES string of the molecule is C[CH]c1c(C(F)(F)C(F)(F)C(F)(F)F)cc(C(F)(F)C(F)(F)C(F)(F)F)cc1C(F)(F)C(F)(F)C(F)(F)F. The lowest BCUT2D eigenvalue weighted by molar-refractivity contribution is -0.362. The molecule has 1 radical (unpaired) electrons. The average molecular weight is 609 g/mol. The molecular weight excluding hydrogens is 603 g/mol. The summed E-state index contributed by atoms with van der Waals surface area (Å²) in [6, 6.07) is -3.42. The summed E-state index contributed by atoms with van der Waals surface area (Å²) in [5.41, 5.74) is -13.9. The van der Waals surface area contributed by atoms with Gasteiger partial charge in [-0.15, -0.1) is 0 Å². The lowest BCUT2D eigenvalue weighted by atomic mass is 9.83. The zero-order chi connectivity index (χ0) is 30.9. The minimum Gasteiger partial charge on any atom is -0.194 e. The van der Waals surface area contributed by atoms with Crippen LogP contribution in [0, 0.1) is 6.42 Å². The van der Waals surface area contributed by atoms with E-state index in [2.05, 4.69) is 0 Å². The maximum Gasteiger partial charge on any atom is 0.460 e. The lowest BCUT2D eigenvalue weighted by Crippen LogP contribution is -2.53. The number of benzene rings is 1. The molecule has 0 saturated heterocycles. The molecule has 0 spiro atoms. The van der Waals surface area contributed by atoms with Gasteiger partial charge in [-0.1, -0.05) is 6.92 Å². The standard InChI is InChI=1S/C17H6F21/c1-2-6-7(10(20,21)13(26,27)16(33,34)35)3-5(9(18,19)12(24,25)15(30,31)32)4-8(6)11(22,23)14(28,29)17(36,37)38/h2-4H,1H3. The summed E-state index contributed by atoms with van der Waals surface area (Å²) < 4.78 is 279. The molecule has 0 aliphatic heterocycles. The second-order valence-electron chi connectivity index (χ2n) is 7.21. The van der Waals surface area contributed by atoms with Gasteiger partial charge in [0.25, 0.3) is 0 Å². The van der Waals surface area contributed by atoms with Crippen LogP contribution >= 0.6 is 0 Å². The Morgan fingerprint density at radius 1 is 0.421 bits per heavy atom. The first-order chi connectivity index (χ1) is 16.3. The molecule has 0 bridgehead atoms. The number of hydrogen-bond acceptors (Lipinski definition) is 0. The van der Waals surface area contributed by atoms with Crippen LogP contribution in [0.5, 0.6) is 0 Å². The first-order valence-corrected chi connectivity index (χ1v) is 8.74. The van der Waals surface area contributed by atoms with Gasteiger partial charge in [-0.25, -0.2) is 0 Å². The molecule has 0 unspecified atom stereocenters. The van der Waals surface area contributed by atoms with Gasteiger partial charge in [-0.2, -0.15) is 92.2 Å². The average Bonchev–Trinajstić information content (AvgIpc) is 2.69. The molecular formula is C17H6F21. The zero-order valence-electron chi connectivity index (χ0n) is 17.2. The Kier molecular flexibility index (Phi) is 7.90. The highest BCUT2D eigenvalue weighted by molar-refractivity contribution is 5.50. The molecule has 0 amide bonds. The van der Waals surface area contributed by atoms with Gasteiger partial charge >= 0.3 is 54.1 Å². The summed E-state index contributed by atoms with van der Waals surface area (Å²) in [6.45, 7) is 0.0219. The van der Waals surface area contributed by atoms with E-state index in [1.165, 1.54) is 0 Å². The summed E-state index contributed by atoms with van der Waals surface area (Å²) >= 11 is 0. The van der Waals surface area contributed by atoms with Gasteiger partial charge in [0.15, 0.2) is 0 Å². The third kappa shape index (κ3) is 4.70. The van der Waals surface area contributed by atoms with Crippen LogP contribution in [0.4, 0.5) is 92.2 Å². The quantitative estimate of drug-likeness (QED) is 0.271. The molecule has 0 fully saturated rings. The Morgan fingerprint density at radius 2 is 0.658 bits per heavy atom. The Bertz CT molecular complexity index is 961. The maximum atomic E-state index is 14.3. The fraction of sp³-hybridized carbons (Fsp3) is 0.588. The van der Waals surface area contributed by atoms with Crippen molar-refractivity contribution < 1.29 is 92.2 Å². The summed E-state index contributed by atoms with van der Waals surface area (Å²) in [6.07, 6.45) is -23.0. The zero-order valence-corrected chi connectivity index (χ0v) is 17.2.